The number of anilines is 1. The molecule has 0 aliphatic carbocycles. The average Bonchev–Trinajstić information content (AvgIpc) is 2.45. The van der Waals surface area contributed by atoms with Gasteiger partial charge in [-0.05, 0) is 25.5 Å². The highest BCUT2D eigenvalue weighted by Crippen LogP contribution is 2.14. The van der Waals surface area contributed by atoms with E-state index in [4.69, 9.17) is 4.74 Å². The third-order valence-corrected chi connectivity index (χ3v) is 2.70. The van der Waals surface area contributed by atoms with Gasteiger partial charge in [-0.25, -0.2) is 0 Å². The van der Waals surface area contributed by atoms with Gasteiger partial charge in [0, 0.05) is 18.7 Å². The Balaban J connectivity index is 2.49. The molecule has 0 saturated carbocycles. The molecule has 0 aliphatic rings. The predicted molar refractivity (Wildman–Crippen MR) is 75.0 cm³/mol. The van der Waals surface area contributed by atoms with E-state index in [1.165, 1.54) is 0 Å². The zero-order valence-corrected chi connectivity index (χ0v) is 11.6. The molecule has 1 aromatic rings. The van der Waals surface area contributed by atoms with Crippen LogP contribution in [0.1, 0.15) is 33.1 Å². The van der Waals surface area contributed by atoms with E-state index in [-0.39, 0.29) is 24.7 Å². The van der Waals surface area contributed by atoms with Crippen molar-refractivity contribution in [3.05, 3.63) is 30.3 Å². The molecule has 0 aliphatic heterocycles. The van der Waals surface area contributed by atoms with Gasteiger partial charge < -0.3 is 9.64 Å². The maximum absolute atomic E-state index is 12.1. The van der Waals surface area contributed by atoms with Gasteiger partial charge >= 0.3 is 5.97 Å². The normalized spacial score (nSPS) is 10.0. The SMILES string of the molecule is CCCOC(=O)CCC(=O)N(CC)c1ccccc1. The number of ether oxygens (including phenoxy) is 1. The third-order valence-electron chi connectivity index (χ3n) is 2.70. The number of esters is 1. The molecule has 1 rings (SSSR count). The summed E-state index contributed by atoms with van der Waals surface area (Å²) < 4.78 is 4.95. The molecule has 104 valence electrons. The Labute approximate surface area is 114 Å². The number of para-hydroxylation sites is 1. The van der Waals surface area contributed by atoms with Gasteiger partial charge in [0.15, 0.2) is 0 Å². The first-order chi connectivity index (χ1) is 9.19. The quantitative estimate of drug-likeness (QED) is 0.711. The molecule has 0 fully saturated rings. The molecule has 0 unspecified atom stereocenters. The Morgan fingerprint density at radius 2 is 1.79 bits per heavy atom. The van der Waals surface area contributed by atoms with Crippen LogP contribution >= 0.6 is 0 Å². The summed E-state index contributed by atoms with van der Waals surface area (Å²) in [7, 11) is 0. The molecule has 0 radical (unpaired) electrons. The van der Waals surface area contributed by atoms with E-state index in [0.29, 0.717) is 13.2 Å². The molecule has 0 aromatic heterocycles. The third kappa shape index (κ3) is 5.12. The fraction of sp³-hybridized carbons (Fsp3) is 0.467. The van der Waals surface area contributed by atoms with E-state index in [1.807, 2.05) is 44.2 Å². The predicted octanol–water partition coefficient (Wildman–Crippen LogP) is 2.77. The number of carbonyl (C=O) groups is 2. The largest absolute Gasteiger partial charge is 0.466 e. The first-order valence-corrected chi connectivity index (χ1v) is 6.70. The van der Waals surface area contributed by atoms with Crippen molar-refractivity contribution in [2.75, 3.05) is 18.1 Å². The zero-order valence-electron chi connectivity index (χ0n) is 11.6. The molecule has 0 spiro atoms. The molecular weight excluding hydrogens is 242 g/mol. The zero-order chi connectivity index (χ0) is 14.1. The van der Waals surface area contributed by atoms with Gasteiger partial charge in [0.25, 0.3) is 0 Å². The average molecular weight is 263 g/mol. The van der Waals surface area contributed by atoms with Crippen LogP contribution in [-0.4, -0.2) is 25.0 Å². The monoisotopic (exact) mass is 263 g/mol. The van der Waals surface area contributed by atoms with Crippen molar-refractivity contribution in [3.8, 4) is 0 Å². The molecule has 0 heterocycles. The van der Waals surface area contributed by atoms with E-state index in [9.17, 15) is 9.59 Å². The molecule has 0 bridgehead atoms. The number of carbonyl (C=O) groups excluding carboxylic acids is 2. The van der Waals surface area contributed by atoms with Crippen LogP contribution in [-0.2, 0) is 14.3 Å². The fourth-order valence-corrected chi connectivity index (χ4v) is 1.74. The second kappa shape index (κ2) is 8.29. The minimum absolute atomic E-state index is 0.0536. The van der Waals surface area contributed by atoms with Crippen molar-refractivity contribution in [2.24, 2.45) is 0 Å². The second-order valence-electron chi connectivity index (χ2n) is 4.19. The number of amides is 1. The molecule has 0 atom stereocenters. The van der Waals surface area contributed by atoms with E-state index in [0.717, 1.165) is 12.1 Å². The van der Waals surface area contributed by atoms with E-state index in [1.54, 1.807) is 4.90 Å². The van der Waals surface area contributed by atoms with Crippen LogP contribution in [0.4, 0.5) is 5.69 Å². The first kappa shape index (κ1) is 15.2. The van der Waals surface area contributed by atoms with Gasteiger partial charge in [-0.15, -0.1) is 0 Å². The summed E-state index contributed by atoms with van der Waals surface area (Å²) in [4.78, 5) is 25.1. The number of hydrogen-bond acceptors (Lipinski definition) is 3. The lowest BCUT2D eigenvalue weighted by Crippen LogP contribution is -2.30. The van der Waals surface area contributed by atoms with Crippen LogP contribution < -0.4 is 4.90 Å². The Bertz CT molecular complexity index is 403. The minimum atomic E-state index is -0.306. The van der Waals surface area contributed by atoms with Gasteiger partial charge in [-0.2, -0.15) is 0 Å². The molecule has 19 heavy (non-hydrogen) atoms. The van der Waals surface area contributed by atoms with Crippen molar-refractivity contribution in [1.82, 2.24) is 0 Å². The van der Waals surface area contributed by atoms with Crippen molar-refractivity contribution in [1.29, 1.82) is 0 Å². The lowest BCUT2D eigenvalue weighted by molar-refractivity contribution is -0.144. The van der Waals surface area contributed by atoms with Gasteiger partial charge in [0.1, 0.15) is 0 Å². The highest BCUT2D eigenvalue weighted by molar-refractivity contribution is 5.94. The summed E-state index contributed by atoms with van der Waals surface area (Å²) in [5, 5.41) is 0. The molecule has 1 amide bonds. The van der Waals surface area contributed by atoms with Crippen LogP contribution in [0, 0.1) is 0 Å². The topological polar surface area (TPSA) is 46.6 Å². The van der Waals surface area contributed by atoms with Crippen LogP contribution in [0.2, 0.25) is 0 Å². The molecule has 0 N–H and O–H groups in total. The van der Waals surface area contributed by atoms with Crippen molar-refractivity contribution >= 4 is 17.6 Å². The Hall–Kier alpha value is -1.84. The maximum atomic E-state index is 12.1. The maximum Gasteiger partial charge on any atom is 0.306 e. The number of rotatable bonds is 7. The standard InChI is InChI=1S/C15H21NO3/c1-3-12-19-15(18)11-10-14(17)16(4-2)13-8-6-5-7-9-13/h5-9H,3-4,10-12H2,1-2H3. The highest BCUT2D eigenvalue weighted by atomic mass is 16.5. The summed E-state index contributed by atoms with van der Waals surface area (Å²) in [5.41, 5.74) is 0.858. The molecule has 0 saturated heterocycles. The molecule has 1 aromatic carbocycles. The summed E-state index contributed by atoms with van der Waals surface area (Å²) in [6.45, 7) is 4.86. The fourth-order valence-electron chi connectivity index (χ4n) is 1.74. The summed E-state index contributed by atoms with van der Waals surface area (Å²) >= 11 is 0. The molecular formula is C15H21NO3. The summed E-state index contributed by atoms with van der Waals surface area (Å²) in [6.07, 6.45) is 1.12. The van der Waals surface area contributed by atoms with Gasteiger partial charge in [-0.1, -0.05) is 25.1 Å². The molecule has 4 heteroatoms. The minimum Gasteiger partial charge on any atom is -0.466 e. The van der Waals surface area contributed by atoms with Crippen LogP contribution in [0.3, 0.4) is 0 Å². The van der Waals surface area contributed by atoms with Crippen LogP contribution in [0.5, 0.6) is 0 Å². The lowest BCUT2D eigenvalue weighted by Gasteiger charge is -2.20. The highest BCUT2D eigenvalue weighted by Gasteiger charge is 2.15. The lowest BCUT2D eigenvalue weighted by atomic mass is 10.2. The number of benzene rings is 1. The van der Waals surface area contributed by atoms with Gasteiger partial charge in [-0.3, -0.25) is 9.59 Å². The number of nitrogens with zero attached hydrogens (tertiary/aromatic N) is 1. The van der Waals surface area contributed by atoms with Crippen molar-refractivity contribution < 1.29 is 14.3 Å². The van der Waals surface area contributed by atoms with E-state index >= 15 is 0 Å². The second-order valence-corrected chi connectivity index (χ2v) is 4.19. The summed E-state index contributed by atoms with van der Waals surface area (Å²) in [6, 6.07) is 9.46. The van der Waals surface area contributed by atoms with Crippen molar-refractivity contribution in [3.63, 3.8) is 0 Å². The number of hydrogen-bond donors (Lipinski definition) is 0. The van der Waals surface area contributed by atoms with Crippen LogP contribution in [0.15, 0.2) is 30.3 Å². The van der Waals surface area contributed by atoms with Gasteiger partial charge in [0.05, 0.1) is 13.0 Å². The van der Waals surface area contributed by atoms with E-state index < -0.39 is 0 Å². The summed E-state index contributed by atoms with van der Waals surface area (Å²) in [5.74, 6) is -0.360. The Morgan fingerprint density at radius 1 is 1.11 bits per heavy atom. The van der Waals surface area contributed by atoms with Gasteiger partial charge in [0.2, 0.25) is 5.91 Å². The van der Waals surface area contributed by atoms with Crippen molar-refractivity contribution in [2.45, 2.75) is 33.1 Å². The first-order valence-electron chi connectivity index (χ1n) is 6.70. The Morgan fingerprint density at radius 3 is 2.37 bits per heavy atom. The van der Waals surface area contributed by atoms with Crippen LogP contribution in [0.25, 0.3) is 0 Å². The smallest absolute Gasteiger partial charge is 0.306 e. The molecule has 4 nitrogen and oxygen atoms in total. The van der Waals surface area contributed by atoms with E-state index in [2.05, 4.69) is 0 Å². The Kier molecular flexibility index (Phi) is 6.64.